The average molecular weight is 559 g/mol. The lowest BCUT2D eigenvalue weighted by Gasteiger charge is -2.45. The van der Waals surface area contributed by atoms with Crippen molar-refractivity contribution in [1.82, 2.24) is 19.6 Å². The highest BCUT2D eigenvalue weighted by Gasteiger charge is 2.55. The van der Waals surface area contributed by atoms with Crippen LogP contribution < -0.4 is 0 Å². The maximum absolute atomic E-state index is 14.0. The molecule has 5 rings (SSSR count). The van der Waals surface area contributed by atoms with E-state index < -0.39 is 11.8 Å². The lowest BCUT2D eigenvalue weighted by molar-refractivity contribution is -0.139. The molecule has 8 nitrogen and oxygen atoms in total. The van der Waals surface area contributed by atoms with Crippen LogP contribution in [0.1, 0.15) is 39.1 Å². The van der Waals surface area contributed by atoms with Crippen molar-refractivity contribution in [2.75, 3.05) is 52.9 Å². The van der Waals surface area contributed by atoms with E-state index in [1.165, 1.54) is 0 Å². The second-order valence-corrected chi connectivity index (χ2v) is 11.2. The van der Waals surface area contributed by atoms with Crippen LogP contribution in [-0.2, 0) is 9.53 Å². The number of halogens is 2. The van der Waals surface area contributed by atoms with Crippen LogP contribution in [0.4, 0.5) is 0 Å². The Hall–Kier alpha value is -2.65. The number of benzene rings is 2. The van der Waals surface area contributed by atoms with Gasteiger partial charge in [-0.05, 0) is 44.3 Å². The molecule has 38 heavy (non-hydrogen) atoms. The molecule has 0 N–H and O–H groups in total. The first-order valence-corrected chi connectivity index (χ1v) is 13.7. The third kappa shape index (κ3) is 5.15. The highest BCUT2D eigenvalue weighted by molar-refractivity contribution is 6.42. The van der Waals surface area contributed by atoms with Crippen LogP contribution in [0.15, 0.2) is 42.5 Å². The first-order chi connectivity index (χ1) is 18.2. The third-order valence-corrected chi connectivity index (χ3v) is 8.58. The SMILES string of the molecule is Cc1cccc(C(=O)N2C(C(=O)N3CCN(C)CC3)COC23CCN(C(=O)c2ccc(Cl)c(Cl)c2)CC3)c1. The quantitative estimate of drug-likeness (QED) is 0.576. The van der Waals surface area contributed by atoms with E-state index in [9.17, 15) is 14.4 Å². The van der Waals surface area contributed by atoms with Gasteiger partial charge in [-0.25, -0.2) is 0 Å². The van der Waals surface area contributed by atoms with Crippen LogP contribution in [0, 0.1) is 6.92 Å². The van der Waals surface area contributed by atoms with Gasteiger partial charge in [0.25, 0.3) is 11.8 Å². The molecule has 1 atom stereocenters. The molecule has 3 fully saturated rings. The number of carbonyl (C=O) groups is 3. The monoisotopic (exact) mass is 558 g/mol. The summed E-state index contributed by atoms with van der Waals surface area (Å²) in [6, 6.07) is 11.5. The van der Waals surface area contributed by atoms with Gasteiger partial charge in [0.15, 0.2) is 0 Å². The Bertz CT molecular complexity index is 1240. The van der Waals surface area contributed by atoms with Crippen molar-refractivity contribution >= 4 is 40.9 Å². The molecule has 0 saturated carbocycles. The van der Waals surface area contributed by atoms with Gasteiger partial charge in [0.1, 0.15) is 11.8 Å². The molecule has 3 heterocycles. The summed E-state index contributed by atoms with van der Waals surface area (Å²) in [6.45, 7) is 5.67. The zero-order valence-electron chi connectivity index (χ0n) is 21.7. The van der Waals surface area contributed by atoms with Gasteiger partial charge in [0.2, 0.25) is 5.91 Å². The average Bonchev–Trinajstić information content (AvgIpc) is 3.28. The molecule has 3 aliphatic heterocycles. The largest absolute Gasteiger partial charge is 0.353 e. The van der Waals surface area contributed by atoms with Gasteiger partial charge >= 0.3 is 0 Å². The number of likely N-dealkylation sites (N-methyl/N-ethyl adjacent to an activating group) is 1. The van der Waals surface area contributed by atoms with Crippen LogP contribution in [0.25, 0.3) is 0 Å². The molecule has 1 spiro atoms. The van der Waals surface area contributed by atoms with Crippen molar-refractivity contribution in [3.63, 3.8) is 0 Å². The van der Waals surface area contributed by atoms with Crippen molar-refractivity contribution in [3.8, 4) is 0 Å². The molecule has 0 aliphatic carbocycles. The second-order valence-electron chi connectivity index (χ2n) is 10.4. The second kappa shape index (κ2) is 10.8. The van der Waals surface area contributed by atoms with E-state index in [1.807, 2.05) is 37.1 Å². The minimum absolute atomic E-state index is 0.0784. The van der Waals surface area contributed by atoms with Crippen LogP contribution in [0.3, 0.4) is 0 Å². The highest BCUT2D eigenvalue weighted by Crippen LogP contribution is 2.39. The summed E-state index contributed by atoms with van der Waals surface area (Å²) in [5.74, 6) is -0.453. The van der Waals surface area contributed by atoms with Gasteiger partial charge in [0, 0.05) is 63.2 Å². The van der Waals surface area contributed by atoms with Crippen LogP contribution in [0.5, 0.6) is 0 Å². The van der Waals surface area contributed by atoms with Crippen LogP contribution in [-0.4, -0.2) is 102 Å². The number of hydrogen-bond donors (Lipinski definition) is 0. The number of nitrogens with zero attached hydrogens (tertiary/aromatic N) is 4. The summed E-state index contributed by atoms with van der Waals surface area (Å²) in [4.78, 5) is 48.3. The minimum atomic E-state index is -0.956. The molecule has 10 heteroatoms. The molecule has 0 bridgehead atoms. The number of carbonyl (C=O) groups excluding carboxylic acids is 3. The van der Waals surface area contributed by atoms with Gasteiger partial charge in [-0.3, -0.25) is 19.3 Å². The highest BCUT2D eigenvalue weighted by atomic mass is 35.5. The van der Waals surface area contributed by atoms with E-state index in [2.05, 4.69) is 4.90 Å². The standard InChI is InChI=1S/C28H32Cl2N4O4/c1-19-4-3-5-20(16-19)26(36)34-24(27(37)33-14-12-31(2)13-15-33)18-38-28(34)8-10-32(11-9-28)25(35)21-6-7-22(29)23(30)17-21/h3-7,16-17,24H,8-15,18H2,1-2H3. The fourth-order valence-electron chi connectivity index (χ4n) is 5.58. The zero-order valence-corrected chi connectivity index (χ0v) is 23.2. The Balaban J connectivity index is 1.39. The number of piperazine rings is 1. The molecule has 202 valence electrons. The van der Waals surface area contributed by atoms with Gasteiger partial charge in [0.05, 0.1) is 16.7 Å². The number of ether oxygens (including phenoxy) is 1. The van der Waals surface area contributed by atoms with E-state index in [0.29, 0.717) is 60.2 Å². The summed E-state index contributed by atoms with van der Waals surface area (Å²) < 4.78 is 6.35. The summed E-state index contributed by atoms with van der Waals surface area (Å²) >= 11 is 12.1. The van der Waals surface area contributed by atoms with Gasteiger partial charge in [-0.1, -0.05) is 40.9 Å². The molecule has 2 aromatic rings. The fourth-order valence-corrected chi connectivity index (χ4v) is 5.88. The van der Waals surface area contributed by atoms with Crippen LogP contribution in [0.2, 0.25) is 10.0 Å². The predicted octanol–water partition coefficient (Wildman–Crippen LogP) is 3.55. The molecule has 0 radical (unpaired) electrons. The molecule has 2 aromatic carbocycles. The number of amides is 3. The van der Waals surface area contributed by atoms with E-state index in [4.69, 9.17) is 27.9 Å². The Morgan fingerprint density at radius 1 is 0.842 bits per heavy atom. The van der Waals surface area contributed by atoms with Crippen molar-refractivity contribution in [2.24, 2.45) is 0 Å². The molecular formula is C28H32Cl2N4O4. The van der Waals surface area contributed by atoms with Crippen molar-refractivity contribution in [1.29, 1.82) is 0 Å². The van der Waals surface area contributed by atoms with Gasteiger partial charge < -0.3 is 19.4 Å². The first kappa shape index (κ1) is 26.9. The predicted molar refractivity (Wildman–Crippen MR) is 145 cm³/mol. The number of likely N-dealkylation sites (tertiary alicyclic amines) is 1. The third-order valence-electron chi connectivity index (χ3n) is 7.84. The van der Waals surface area contributed by atoms with Crippen molar-refractivity contribution in [2.45, 2.75) is 31.5 Å². The lowest BCUT2D eigenvalue weighted by atomic mass is 9.95. The first-order valence-electron chi connectivity index (χ1n) is 12.9. The van der Waals surface area contributed by atoms with Crippen molar-refractivity contribution in [3.05, 3.63) is 69.2 Å². The molecule has 1 unspecified atom stereocenters. The number of piperidine rings is 1. The minimum Gasteiger partial charge on any atom is -0.353 e. The maximum atomic E-state index is 14.0. The number of rotatable bonds is 3. The summed E-state index contributed by atoms with van der Waals surface area (Å²) in [7, 11) is 2.04. The molecule has 3 saturated heterocycles. The summed E-state index contributed by atoms with van der Waals surface area (Å²) in [5, 5.41) is 0.715. The maximum Gasteiger partial charge on any atom is 0.256 e. The number of hydrogen-bond acceptors (Lipinski definition) is 5. The fraction of sp³-hybridized carbons (Fsp3) is 0.464. The van der Waals surface area contributed by atoms with E-state index in [1.54, 1.807) is 34.1 Å². The molecule has 0 aromatic heterocycles. The summed E-state index contributed by atoms with van der Waals surface area (Å²) in [5.41, 5.74) is 0.996. The van der Waals surface area contributed by atoms with E-state index >= 15 is 0 Å². The molecule has 3 aliphatic rings. The van der Waals surface area contributed by atoms with Gasteiger partial charge in [-0.2, -0.15) is 0 Å². The Labute approximate surface area is 233 Å². The van der Waals surface area contributed by atoms with Crippen LogP contribution >= 0.6 is 23.2 Å². The Kier molecular flexibility index (Phi) is 7.69. The topological polar surface area (TPSA) is 73.4 Å². The zero-order chi connectivity index (χ0) is 27.0. The molecule has 3 amide bonds. The smallest absolute Gasteiger partial charge is 0.256 e. The van der Waals surface area contributed by atoms with E-state index in [-0.39, 0.29) is 24.3 Å². The van der Waals surface area contributed by atoms with Gasteiger partial charge in [-0.15, -0.1) is 0 Å². The normalized spacial score (nSPS) is 21.7. The Morgan fingerprint density at radius 2 is 1.53 bits per heavy atom. The van der Waals surface area contributed by atoms with E-state index in [0.717, 1.165) is 18.7 Å². The summed E-state index contributed by atoms with van der Waals surface area (Å²) in [6.07, 6.45) is 0.814. The number of aryl methyl sites for hydroxylation is 1. The van der Waals surface area contributed by atoms with Crippen molar-refractivity contribution < 1.29 is 19.1 Å². The lowest BCUT2D eigenvalue weighted by Crippen LogP contribution is -2.61. The Morgan fingerprint density at radius 3 is 2.18 bits per heavy atom. The molecular weight excluding hydrogens is 527 g/mol.